The molecule has 2 rings (SSSR count). The smallest absolute Gasteiger partial charge is 0.435 e. The molecule has 0 saturated carbocycles. The second-order valence-corrected chi connectivity index (χ2v) is 4.05. The molecule has 4 heteroatoms. The molecular weight excluding hydrogens is 204 g/mol. The maximum absolute atomic E-state index is 11.5. The van der Waals surface area contributed by atoms with Crippen molar-refractivity contribution in [2.45, 2.75) is 13.8 Å². The van der Waals surface area contributed by atoms with Crippen molar-refractivity contribution in [3.8, 4) is 0 Å². The fourth-order valence-electron chi connectivity index (χ4n) is 2.38. The molecule has 86 valence electrons. The molecule has 16 heavy (non-hydrogen) atoms. The first-order valence-electron chi connectivity index (χ1n) is 5.61. The minimum atomic E-state index is -0.772. The summed E-state index contributed by atoms with van der Waals surface area (Å²) in [6.07, 6.45) is -0.772. The molecule has 1 aliphatic heterocycles. The van der Waals surface area contributed by atoms with Crippen LogP contribution in [0.4, 0.5) is 16.2 Å². The fourth-order valence-corrected chi connectivity index (χ4v) is 2.38. The predicted octanol–water partition coefficient (Wildman–Crippen LogP) is 2.49. The Labute approximate surface area is 95.3 Å². The second-order valence-electron chi connectivity index (χ2n) is 4.05. The predicted molar refractivity (Wildman–Crippen MR) is 64.7 cm³/mol. The van der Waals surface area contributed by atoms with E-state index in [0.717, 1.165) is 17.9 Å². The van der Waals surface area contributed by atoms with Crippen molar-refractivity contribution >= 4 is 17.5 Å². The van der Waals surface area contributed by atoms with Crippen LogP contribution in [0.3, 0.4) is 0 Å². The number of anilines is 1. The van der Waals surface area contributed by atoms with E-state index in [1.54, 1.807) is 0 Å². The van der Waals surface area contributed by atoms with Gasteiger partial charge in [0.2, 0.25) is 0 Å². The van der Waals surface area contributed by atoms with Crippen LogP contribution >= 0.6 is 0 Å². The van der Waals surface area contributed by atoms with Gasteiger partial charge in [-0.3, -0.25) is 0 Å². The molecule has 0 aliphatic carbocycles. The highest BCUT2D eigenvalue weighted by molar-refractivity contribution is 5.89. The number of quaternary nitrogens is 1. The van der Waals surface area contributed by atoms with Crippen molar-refractivity contribution in [3.63, 3.8) is 0 Å². The highest BCUT2D eigenvalue weighted by Crippen LogP contribution is 2.40. The summed E-state index contributed by atoms with van der Waals surface area (Å²) in [5, 5.41) is 9.47. The maximum Gasteiger partial charge on any atom is 0.520 e. The molecule has 1 unspecified atom stereocenters. The molecule has 4 nitrogen and oxygen atoms in total. The molecule has 0 spiro atoms. The number of benzene rings is 1. The average Bonchev–Trinajstić information content (AvgIpc) is 2.64. The van der Waals surface area contributed by atoms with Crippen molar-refractivity contribution in [1.29, 1.82) is 0 Å². The Morgan fingerprint density at radius 3 is 2.69 bits per heavy atom. The van der Waals surface area contributed by atoms with E-state index in [9.17, 15) is 9.90 Å². The van der Waals surface area contributed by atoms with Crippen molar-refractivity contribution in [1.82, 2.24) is 4.48 Å². The molecule has 0 bridgehead atoms. The van der Waals surface area contributed by atoms with Gasteiger partial charge in [0.1, 0.15) is 5.69 Å². The first kappa shape index (κ1) is 11.0. The Balaban J connectivity index is 2.57. The third kappa shape index (κ3) is 1.30. The number of rotatable bonds is 2. The highest BCUT2D eigenvalue weighted by atomic mass is 16.4. The third-order valence-electron chi connectivity index (χ3n) is 3.38. The number of hydrogen-bond acceptors (Lipinski definition) is 2. The van der Waals surface area contributed by atoms with E-state index >= 15 is 0 Å². The van der Waals surface area contributed by atoms with Gasteiger partial charge in [-0.1, -0.05) is 12.1 Å². The van der Waals surface area contributed by atoms with Gasteiger partial charge in [0.15, 0.2) is 12.4 Å². The Kier molecular flexibility index (Phi) is 2.59. The lowest BCUT2D eigenvalue weighted by atomic mass is 10.2. The molecule has 1 amide bonds. The summed E-state index contributed by atoms with van der Waals surface area (Å²) in [6, 6.07) is 7.78. The zero-order valence-corrected chi connectivity index (χ0v) is 9.68. The normalized spacial score (nSPS) is 23.2. The summed E-state index contributed by atoms with van der Waals surface area (Å²) in [5.74, 6) is 0. The summed E-state index contributed by atoms with van der Waals surface area (Å²) in [7, 11) is 0. The van der Waals surface area contributed by atoms with Crippen LogP contribution in [0.5, 0.6) is 0 Å². The molecule has 0 radical (unpaired) electrons. The zero-order chi connectivity index (χ0) is 11.8. The number of hydrogen-bond donors (Lipinski definition) is 1. The topological polar surface area (TPSA) is 40.5 Å². The molecular formula is C12H17N2O2+. The molecule has 1 aromatic rings. The standard InChI is InChI=1S/C12H16N2O2/c1-3-13-9-14(4-2,12(15)16)11-8-6-5-7-10(11)13/h5-8H,3-4,9H2,1-2H3/p+1. The molecule has 1 aliphatic rings. The largest absolute Gasteiger partial charge is 0.520 e. The highest BCUT2D eigenvalue weighted by Gasteiger charge is 2.47. The number of amides is 1. The van der Waals surface area contributed by atoms with Crippen LogP contribution in [0, 0.1) is 0 Å². The van der Waals surface area contributed by atoms with Crippen molar-refractivity contribution < 1.29 is 9.90 Å². The van der Waals surface area contributed by atoms with Gasteiger partial charge >= 0.3 is 6.09 Å². The van der Waals surface area contributed by atoms with Crippen molar-refractivity contribution in [2.24, 2.45) is 0 Å². The van der Waals surface area contributed by atoms with Gasteiger partial charge in [0.25, 0.3) is 0 Å². The van der Waals surface area contributed by atoms with E-state index < -0.39 is 6.09 Å². The van der Waals surface area contributed by atoms with Gasteiger partial charge in [-0.25, -0.2) is 0 Å². The molecule has 1 aromatic carbocycles. The Morgan fingerprint density at radius 2 is 2.12 bits per heavy atom. The van der Waals surface area contributed by atoms with Crippen LogP contribution in [-0.4, -0.2) is 31.0 Å². The lowest BCUT2D eigenvalue weighted by Crippen LogP contribution is -2.54. The van der Waals surface area contributed by atoms with Gasteiger partial charge in [-0.2, -0.15) is 9.28 Å². The summed E-state index contributed by atoms with van der Waals surface area (Å²) < 4.78 is 0.0179. The molecule has 0 saturated heterocycles. The third-order valence-corrected chi connectivity index (χ3v) is 3.38. The number of para-hydroxylation sites is 2. The van der Waals surface area contributed by atoms with Gasteiger partial charge in [0.05, 0.1) is 6.54 Å². The van der Waals surface area contributed by atoms with Crippen LogP contribution in [0.2, 0.25) is 0 Å². The van der Waals surface area contributed by atoms with Crippen LogP contribution in [0.1, 0.15) is 13.8 Å². The summed E-state index contributed by atoms with van der Waals surface area (Å²) in [6.45, 7) is 5.91. The molecule has 0 aromatic heterocycles. The first-order valence-corrected chi connectivity index (χ1v) is 5.61. The Bertz CT molecular complexity index is 419. The van der Waals surface area contributed by atoms with E-state index in [4.69, 9.17) is 0 Å². The van der Waals surface area contributed by atoms with Gasteiger partial charge < -0.3 is 10.0 Å². The first-order chi connectivity index (χ1) is 7.65. The van der Waals surface area contributed by atoms with Crippen LogP contribution in [-0.2, 0) is 0 Å². The molecule has 1 atom stereocenters. The van der Waals surface area contributed by atoms with Gasteiger partial charge in [-0.15, -0.1) is 0 Å². The number of fused-ring (bicyclic) bond motifs is 1. The quantitative estimate of drug-likeness (QED) is 0.780. The van der Waals surface area contributed by atoms with Gasteiger partial charge in [0, 0.05) is 12.6 Å². The van der Waals surface area contributed by atoms with Crippen LogP contribution in [0.25, 0.3) is 0 Å². The fraction of sp³-hybridized carbons (Fsp3) is 0.417. The Hall–Kier alpha value is -1.55. The Morgan fingerprint density at radius 1 is 1.44 bits per heavy atom. The van der Waals surface area contributed by atoms with E-state index in [1.807, 2.05) is 38.1 Å². The number of nitrogens with zero attached hydrogens (tertiary/aromatic N) is 2. The van der Waals surface area contributed by atoms with Gasteiger partial charge in [-0.05, 0) is 19.9 Å². The SMILES string of the molecule is CCN1C[N+](CC)(C(=O)O)c2ccccc21. The second kappa shape index (κ2) is 3.79. The van der Waals surface area contributed by atoms with Crippen molar-refractivity contribution in [2.75, 3.05) is 24.7 Å². The number of carboxylic acid groups (broad SMARTS) is 1. The minimum absolute atomic E-state index is 0.0179. The monoisotopic (exact) mass is 221 g/mol. The molecule has 1 N–H and O–H groups in total. The molecule has 0 fully saturated rings. The summed E-state index contributed by atoms with van der Waals surface area (Å²) in [4.78, 5) is 13.6. The lowest BCUT2D eigenvalue weighted by Gasteiger charge is -2.26. The zero-order valence-electron chi connectivity index (χ0n) is 9.68. The maximum atomic E-state index is 11.5. The van der Waals surface area contributed by atoms with E-state index in [2.05, 4.69) is 4.90 Å². The minimum Gasteiger partial charge on any atom is -0.435 e. The van der Waals surface area contributed by atoms with Crippen LogP contribution < -0.4 is 9.38 Å². The van der Waals surface area contributed by atoms with Crippen molar-refractivity contribution in [3.05, 3.63) is 24.3 Å². The molecule has 1 heterocycles. The van der Waals surface area contributed by atoms with Crippen LogP contribution in [0.15, 0.2) is 24.3 Å². The van der Waals surface area contributed by atoms with E-state index in [0.29, 0.717) is 13.2 Å². The number of carbonyl (C=O) groups is 1. The lowest BCUT2D eigenvalue weighted by molar-refractivity contribution is 0.152. The van der Waals surface area contributed by atoms with E-state index in [1.165, 1.54) is 0 Å². The summed E-state index contributed by atoms with van der Waals surface area (Å²) >= 11 is 0. The summed E-state index contributed by atoms with van der Waals surface area (Å²) in [5.41, 5.74) is 1.95. The van der Waals surface area contributed by atoms with E-state index in [-0.39, 0.29) is 4.48 Å². The average molecular weight is 221 g/mol.